The fourth-order valence-electron chi connectivity index (χ4n) is 2.63. The normalized spacial score (nSPS) is 10.5. The van der Waals surface area contributed by atoms with Gasteiger partial charge in [-0.1, -0.05) is 60.2 Å². The van der Waals surface area contributed by atoms with Crippen molar-refractivity contribution >= 4 is 5.91 Å². The molecule has 0 saturated heterocycles. The molecule has 0 spiro atoms. The predicted molar refractivity (Wildman–Crippen MR) is 102 cm³/mol. The molecular formula is C21H21N3O2. The monoisotopic (exact) mass is 347 g/mol. The van der Waals surface area contributed by atoms with Crippen molar-refractivity contribution in [2.75, 3.05) is 6.54 Å². The molecule has 26 heavy (non-hydrogen) atoms. The third kappa shape index (κ3) is 4.66. The minimum atomic E-state index is -0.242. The van der Waals surface area contributed by atoms with Crippen LogP contribution in [0.25, 0.3) is 11.3 Å². The molecule has 0 aliphatic carbocycles. The lowest BCUT2D eigenvalue weighted by Crippen LogP contribution is -2.33. The van der Waals surface area contributed by atoms with Crippen LogP contribution in [0.5, 0.6) is 0 Å². The van der Waals surface area contributed by atoms with Gasteiger partial charge in [-0.15, -0.1) is 0 Å². The summed E-state index contributed by atoms with van der Waals surface area (Å²) in [5.41, 5.74) is 3.56. The van der Waals surface area contributed by atoms with Gasteiger partial charge in [-0.25, -0.2) is 4.98 Å². The lowest BCUT2D eigenvalue weighted by atomic mass is 10.1. The zero-order valence-corrected chi connectivity index (χ0v) is 14.7. The fourth-order valence-corrected chi connectivity index (χ4v) is 2.63. The number of aryl methyl sites for hydroxylation is 1. The lowest BCUT2D eigenvalue weighted by molar-refractivity contribution is -0.121. The molecule has 3 rings (SSSR count). The summed E-state index contributed by atoms with van der Waals surface area (Å²) in [6, 6.07) is 19.2. The Hall–Kier alpha value is -3.21. The van der Waals surface area contributed by atoms with Crippen LogP contribution < -0.4 is 10.9 Å². The second-order valence-electron chi connectivity index (χ2n) is 6.19. The first-order valence-electron chi connectivity index (χ1n) is 8.56. The average molecular weight is 347 g/mol. The summed E-state index contributed by atoms with van der Waals surface area (Å²) in [5.74, 6) is -0.201. The molecule has 3 aromatic rings. The molecule has 0 radical (unpaired) electrons. The van der Waals surface area contributed by atoms with Gasteiger partial charge in [0.05, 0.1) is 12.0 Å². The summed E-state index contributed by atoms with van der Waals surface area (Å²) in [5, 5.41) is 2.83. The molecule has 0 unspecified atom stereocenters. The van der Waals surface area contributed by atoms with Gasteiger partial charge in [0.1, 0.15) is 6.54 Å². The molecule has 1 amide bonds. The van der Waals surface area contributed by atoms with Crippen LogP contribution in [0.15, 0.2) is 71.8 Å². The molecule has 1 heterocycles. The Kier molecular flexibility index (Phi) is 5.59. The Morgan fingerprint density at radius 2 is 1.81 bits per heavy atom. The average Bonchev–Trinajstić information content (AvgIpc) is 2.65. The molecule has 0 aliphatic heterocycles. The summed E-state index contributed by atoms with van der Waals surface area (Å²) in [6.45, 7) is 2.51. The molecule has 2 aromatic carbocycles. The molecule has 1 N–H and O–H groups in total. The highest BCUT2D eigenvalue weighted by Gasteiger charge is 2.07. The maximum absolute atomic E-state index is 12.3. The maximum atomic E-state index is 12.3. The number of carbonyl (C=O) groups is 1. The van der Waals surface area contributed by atoms with E-state index in [9.17, 15) is 9.59 Å². The van der Waals surface area contributed by atoms with Crippen LogP contribution in [0, 0.1) is 6.92 Å². The smallest absolute Gasteiger partial charge is 0.254 e. The molecule has 5 heteroatoms. The summed E-state index contributed by atoms with van der Waals surface area (Å²) in [7, 11) is 0. The number of benzene rings is 2. The number of hydrogen-bond donors (Lipinski definition) is 1. The maximum Gasteiger partial charge on any atom is 0.254 e. The SMILES string of the molecule is Cc1ccc(-c2cc(=O)n(CC(=O)NCCc3ccccc3)cn2)cc1. The number of carbonyl (C=O) groups excluding carboxylic acids is 1. The molecule has 0 bridgehead atoms. The van der Waals surface area contributed by atoms with Crippen LogP contribution in [-0.4, -0.2) is 22.0 Å². The van der Waals surface area contributed by atoms with E-state index in [1.165, 1.54) is 17.0 Å². The van der Waals surface area contributed by atoms with Crippen molar-refractivity contribution in [2.24, 2.45) is 0 Å². The second-order valence-corrected chi connectivity index (χ2v) is 6.19. The highest BCUT2D eigenvalue weighted by molar-refractivity contribution is 5.75. The Morgan fingerprint density at radius 1 is 1.08 bits per heavy atom. The van der Waals surface area contributed by atoms with E-state index in [1.54, 1.807) is 0 Å². The van der Waals surface area contributed by atoms with Crippen LogP contribution in [0.3, 0.4) is 0 Å². The van der Waals surface area contributed by atoms with Gasteiger partial charge >= 0.3 is 0 Å². The van der Waals surface area contributed by atoms with Crippen LogP contribution in [0.1, 0.15) is 11.1 Å². The van der Waals surface area contributed by atoms with Crippen LogP contribution >= 0.6 is 0 Å². The topological polar surface area (TPSA) is 64.0 Å². The van der Waals surface area contributed by atoms with E-state index in [-0.39, 0.29) is 18.0 Å². The zero-order valence-electron chi connectivity index (χ0n) is 14.7. The largest absolute Gasteiger partial charge is 0.354 e. The van der Waals surface area contributed by atoms with Gasteiger partial charge in [0.25, 0.3) is 5.56 Å². The Balaban J connectivity index is 1.58. The second kappa shape index (κ2) is 8.25. The van der Waals surface area contributed by atoms with E-state index < -0.39 is 0 Å². The highest BCUT2D eigenvalue weighted by Crippen LogP contribution is 2.15. The summed E-state index contributed by atoms with van der Waals surface area (Å²) >= 11 is 0. The van der Waals surface area contributed by atoms with Crippen LogP contribution in [-0.2, 0) is 17.8 Å². The molecule has 5 nitrogen and oxygen atoms in total. The number of aromatic nitrogens is 2. The van der Waals surface area contributed by atoms with Crippen molar-refractivity contribution in [3.05, 3.63) is 88.5 Å². The van der Waals surface area contributed by atoms with Gasteiger partial charge in [0.2, 0.25) is 5.91 Å². The number of nitrogens with zero attached hydrogens (tertiary/aromatic N) is 2. The van der Waals surface area contributed by atoms with Crippen molar-refractivity contribution in [3.8, 4) is 11.3 Å². The van der Waals surface area contributed by atoms with Crippen LogP contribution in [0.4, 0.5) is 0 Å². The molecule has 132 valence electrons. The first-order valence-corrected chi connectivity index (χ1v) is 8.56. The Labute approximate surface area is 152 Å². The highest BCUT2D eigenvalue weighted by atomic mass is 16.2. The van der Waals surface area contributed by atoms with Gasteiger partial charge in [0.15, 0.2) is 0 Å². The van der Waals surface area contributed by atoms with E-state index in [0.29, 0.717) is 12.2 Å². The quantitative estimate of drug-likeness (QED) is 0.745. The minimum Gasteiger partial charge on any atom is -0.354 e. The van der Waals surface area contributed by atoms with E-state index >= 15 is 0 Å². The number of amides is 1. The third-order valence-corrected chi connectivity index (χ3v) is 4.12. The van der Waals surface area contributed by atoms with E-state index in [0.717, 1.165) is 23.1 Å². The molecule has 1 aromatic heterocycles. The molecular weight excluding hydrogens is 326 g/mol. The summed E-state index contributed by atoms with van der Waals surface area (Å²) in [6.07, 6.45) is 2.18. The zero-order chi connectivity index (χ0) is 18.4. The predicted octanol–water partition coefficient (Wildman–Crippen LogP) is 2.58. The molecule has 0 saturated carbocycles. The molecule has 0 atom stereocenters. The fraction of sp³-hybridized carbons (Fsp3) is 0.190. The number of rotatable bonds is 6. The van der Waals surface area contributed by atoms with E-state index in [4.69, 9.17) is 0 Å². The standard InChI is InChI=1S/C21H21N3O2/c1-16-7-9-18(10-8-16)19-13-21(26)24(15-23-19)14-20(25)22-12-11-17-5-3-2-4-6-17/h2-10,13,15H,11-12,14H2,1H3,(H,22,25). The van der Waals surface area contributed by atoms with Crippen molar-refractivity contribution in [1.82, 2.24) is 14.9 Å². The number of nitrogens with one attached hydrogen (secondary N) is 1. The van der Waals surface area contributed by atoms with Crippen LogP contribution in [0.2, 0.25) is 0 Å². The minimum absolute atomic E-state index is 0.0329. The first-order chi connectivity index (χ1) is 12.6. The summed E-state index contributed by atoms with van der Waals surface area (Å²) < 4.78 is 1.32. The summed E-state index contributed by atoms with van der Waals surface area (Å²) in [4.78, 5) is 28.6. The molecule has 0 fully saturated rings. The Bertz CT molecular complexity index is 931. The van der Waals surface area contributed by atoms with Gasteiger partial charge in [-0.3, -0.25) is 14.2 Å². The van der Waals surface area contributed by atoms with Gasteiger partial charge in [-0.05, 0) is 18.9 Å². The lowest BCUT2D eigenvalue weighted by Gasteiger charge is -2.08. The third-order valence-electron chi connectivity index (χ3n) is 4.12. The van der Waals surface area contributed by atoms with E-state index in [2.05, 4.69) is 10.3 Å². The van der Waals surface area contributed by atoms with Crippen molar-refractivity contribution in [3.63, 3.8) is 0 Å². The Morgan fingerprint density at radius 3 is 2.50 bits per heavy atom. The van der Waals surface area contributed by atoms with Gasteiger partial charge in [-0.2, -0.15) is 0 Å². The van der Waals surface area contributed by atoms with Gasteiger partial charge < -0.3 is 5.32 Å². The van der Waals surface area contributed by atoms with Crippen molar-refractivity contribution in [2.45, 2.75) is 19.9 Å². The van der Waals surface area contributed by atoms with Crippen molar-refractivity contribution in [1.29, 1.82) is 0 Å². The first kappa shape index (κ1) is 17.6. The van der Waals surface area contributed by atoms with E-state index in [1.807, 2.05) is 61.5 Å². The van der Waals surface area contributed by atoms with Crippen molar-refractivity contribution < 1.29 is 4.79 Å². The number of hydrogen-bond acceptors (Lipinski definition) is 3. The van der Waals surface area contributed by atoms with Gasteiger partial charge in [0, 0.05) is 18.2 Å². The molecule has 0 aliphatic rings.